The van der Waals surface area contributed by atoms with Gasteiger partial charge in [0.2, 0.25) is 0 Å². The van der Waals surface area contributed by atoms with Gasteiger partial charge in [-0.1, -0.05) is 72.9 Å². The summed E-state index contributed by atoms with van der Waals surface area (Å²) in [7, 11) is 0. The van der Waals surface area contributed by atoms with Crippen molar-refractivity contribution in [2.45, 2.75) is 71.3 Å². The molecule has 2 aromatic carbocycles. The Kier molecular flexibility index (Phi) is 7.74. The van der Waals surface area contributed by atoms with Crippen molar-refractivity contribution in [2.24, 2.45) is 5.92 Å². The molecule has 2 atom stereocenters. The maximum absolute atomic E-state index is 11.8. The number of aromatic nitrogens is 1. The molecule has 1 aliphatic rings. The highest BCUT2D eigenvalue weighted by molar-refractivity contribution is 6.36. The van der Waals surface area contributed by atoms with Crippen LogP contribution >= 0.6 is 23.2 Å². The van der Waals surface area contributed by atoms with Crippen molar-refractivity contribution in [1.29, 1.82) is 0 Å². The van der Waals surface area contributed by atoms with Gasteiger partial charge in [-0.2, -0.15) is 0 Å². The van der Waals surface area contributed by atoms with Gasteiger partial charge in [-0.3, -0.25) is 4.79 Å². The number of carbonyl (C=O) groups is 1. The Morgan fingerprint density at radius 3 is 2.47 bits per heavy atom. The van der Waals surface area contributed by atoms with E-state index in [4.69, 9.17) is 23.2 Å². The Labute approximate surface area is 212 Å². The van der Waals surface area contributed by atoms with Crippen LogP contribution in [0.5, 0.6) is 0 Å². The molecule has 3 aromatic rings. The highest BCUT2D eigenvalue weighted by Gasteiger charge is 2.32. The topological polar surface area (TPSA) is 42.2 Å². The van der Waals surface area contributed by atoms with E-state index in [1.807, 2.05) is 12.1 Å². The van der Waals surface area contributed by atoms with Crippen LogP contribution in [-0.4, -0.2) is 15.6 Å². The Balaban J connectivity index is 1.92. The molecule has 0 unspecified atom stereocenters. The van der Waals surface area contributed by atoms with Gasteiger partial charge < -0.3 is 9.67 Å². The second-order valence-corrected chi connectivity index (χ2v) is 10.9. The van der Waals surface area contributed by atoms with Crippen LogP contribution < -0.4 is 0 Å². The third-order valence-electron chi connectivity index (χ3n) is 7.00. The van der Waals surface area contributed by atoms with Crippen molar-refractivity contribution in [3.63, 3.8) is 0 Å². The molecule has 1 heterocycles. The third kappa shape index (κ3) is 5.37. The summed E-state index contributed by atoms with van der Waals surface area (Å²) in [4.78, 5) is 11.8. The molecular weight excluding hydrogens is 465 g/mol. The summed E-state index contributed by atoms with van der Waals surface area (Å²) in [6, 6.07) is 14.6. The van der Waals surface area contributed by atoms with Crippen molar-refractivity contribution in [3.05, 3.63) is 81.1 Å². The molecule has 180 valence electrons. The third-order valence-corrected chi connectivity index (χ3v) is 7.55. The van der Waals surface area contributed by atoms with Gasteiger partial charge >= 0.3 is 5.97 Å². The number of benzene rings is 2. The zero-order chi connectivity index (χ0) is 24.4. The molecule has 0 aliphatic heterocycles. The highest BCUT2D eigenvalue weighted by atomic mass is 35.5. The van der Waals surface area contributed by atoms with Gasteiger partial charge in [0.15, 0.2) is 0 Å². The number of halogens is 2. The number of carboxylic acid groups (broad SMARTS) is 1. The van der Waals surface area contributed by atoms with E-state index in [2.05, 4.69) is 55.8 Å². The van der Waals surface area contributed by atoms with Crippen molar-refractivity contribution in [2.75, 3.05) is 0 Å². The van der Waals surface area contributed by atoms with Crippen LogP contribution in [0.3, 0.4) is 0 Å². The first-order chi connectivity index (χ1) is 16.2. The second kappa shape index (κ2) is 10.6. The van der Waals surface area contributed by atoms with Crippen LogP contribution in [-0.2, 0) is 11.2 Å². The lowest BCUT2D eigenvalue weighted by Gasteiger charge is -2.29. The Bertz CT molecular complexity index is 1160. The summed E-state index contributed by atoms with van der Waals surface area (Å²) in [5.74, 6) is -0.168. The molecule has 0 saturated heterocycles. The SMILES string of the molecule is Cc1ccc([C@H](CCC(C)C)n2cc(-c3ccc(Cl)cc3Cl)c3c2[C@@H](CC(=O)O)CCC3)cc1. The van der Waals surface area contributed by atoms with E-state index in [-0.39, 0.29) is 18.4 Å². The minimum absolute atomic E-state index is 0.00641. The summed E-state index contributed by atoms with van der Waals surface area (Å²) in [6.07, 6.45) is 7.26. The minimum Gasteiger partial charge on any atom is -0.481 e. The molecule has 4 rings (SSSR count). The fraction of sp³-hybridized carbons (Fsp3) is 0.414. The van der Waals surface area contributed by atoms with Crippen LogP contribution in [0.4, 0.5) is 0 Å². The van der Waals surface area contributed by atoms with E-state index in [1.54, 1.807) is 6.07 Å². The van der Waals surface area contributed by atoms with Crippen molar-refractivity contribution in [1.82, 2.24) is 4.57 Å². The maximum atomic E-state index is 11.8. The number of fused-ring (bicyclic) bond motifs is 1. The fourth-order valence-electron chi connectivity index (χ4n) is 5.32. The standard InChI is InChI=1S/C29H33Cl2NO2/c1-18(2)7-14-27(20-10-8-19(3)9-11-20)32-17-25(23-13-12-22(30)16-26(23)31)24-6-4-5-21(29(24)32)15-28(33)34/h8-13,16-18,21,27H,4-7,14-15H2,1-3H3,(H,33,34)/t21-,27+/m1/s1. The molecular formula is C29H33Cl2NO2. The summed E-state index contributed by atoms with van der Waals surface area (Å²) < 4.78 is 2.38. The van der Waals surface area contributed by atoms with Crippen molar-refractivity contribution in [3.8, 4) is 11.1 Å². The largest absolute Gasteiger partial charge is 0.481 e. The zero-order valence-electron chi connectivity index (χ0n) is 20.2. The Morgan fingerprint density at radius 2 is 1.82 bits per heavy atom. The Hall–Kier alpha value is -2.23. The van der Waals surface area contributed by atoms with E-state index < -0.39 is 5.97 Å². The van der Waals surface area contributed by atoms with Crippen molar-refractivity contribution >= 4 is 29.2 Å². The van der Waals surface area contributed by atoms with Crippen LogP contribution in [0.15, 0.2) is 48.7 Å². The van der Waals surface area contributed by atoms with E-state index >= 15 is 0 Å². The summed E-state index contributed by atoms with van der Waals surface area (Å²) >= 11 is 12.9. The molecule has 3 nitrogen and oxygen atoms in total. The molecule has 1 aromatic heterocycles. The lowest BCUT2D eigenvalue weighted by atomic mass is 9.83. The maximum Gasteiger partial charge on any atom is 0.304 e. The summed E-state index contributed by atoms with van der Waals surface area (Å²) in [5.41, 5.74) is 6.97. The van der Waals surface area contributed by atoms with Crippen LogP contribution in [0.1, 0.15) is 80.3 Å². The first-order valence-electron chi connectivity index (χ1n) is 12.2. The number of hydrogen-bond donors (Lipinski definition) is 1. The molecule has 1 N–H and O–H groups in total. The number of rotatable bonds is 8. The number of carboxylic acids is 1. The quantitative estimate of drug-likeness (QED) is 0.338. The van der Waals surface area contributed by atoms with Gasteiger partial charge in [-0.05, 0) is 68.2 Å². The lowest BCUT2D eigenvalue weighted by Crippen LogP contribution is -2.21. The normalized spacial score (nSPS) is 16.5. The molecule has 0 saturated carbocycles. The number of aryl methyl sites for hydroxylation is 1. The monoisotopic (exact) mass is 497 g/mol. The minimum atomic E-state index is -0.745. The van der Waals surface area contributed by atoms with Crippen LogP contribution in [0.2, 0.25) is 10.0 Å². The van der Waals surface area contributed by atoms with Crippen molar-refractivity contribution < 1.29 is 9.90 Å². The first kappa shape index (κ1) is 24.9. The molecule has 34 heavy (non-hydrogen) atoms. The average molecular weight is 498 g/mol. The smallest absolute Gasteiger partial charge is 0.304 e. The Morgan fingerprint density at radius 1 is 1.09 bits per heavy atom. The lowest BCUT2D eigenvalue weighted by molar-refractivity contribution is -0.137. The molecule has 0 amide bonds. The molecule has 0 bridgehead atoms. The van der Waals surface area contributed by atoms with Gasteiger partial charge in [-0.15, -0.1) is 0 Å². The van der Waals surface area contributed by atoms with Crippen LogP contribution in [0, 0.1) is 12.8 Å². The van der Waals surface area contributed by atoms with Crippen LogP contribution in [0.25, 0.3) is 11.1 Å². The first-order valence-corrected chi connectivity index (χ1v) is 13.0. The van der Waals surface area contributed by atoms with Gasteiger partial charge in [0.1, 0.15) is 0 Å². The highest BCUT2D eigenvalue weighted by Crippen LogP contribution is 2.45. The van der Waals surface area contributed by atoms with E-state index in [9.17, 15) is 9.90 Å². The van der Waals surface area contributed by atoms with E-state index in [0.717, 1.165) is 43.2 Å². The average Bonchev–Trinajstić information content (AvgIpc) is 3.15. The van der Waals surface area contributed by atoms with Gasteiger partial charge in [0.05, 0.1) is 12.5 Å². The second-order valence-electron chi connectivity index (χ2n) is 10.0. The molecule has 0 radical (unpaired) electrons. The van der Waals surface area contributed by atoms with E-state index in [1.165, 1.54) is 22.4 Å². The van der Waals surface area contributed by atoms with E-state index in [0.29, 0.717) is 16.0 Å². The van der Waals surface area contributed by atoms with Gasteiger partial charge in [-0.25, -0.2) is 0 Å². The summed E-state index contributed by atoms with van der Waals surface area (Å²) in [5, 5.41) is 10.9. The molecule has 5 heteroatoms. The zero-order valence-corrected chi connectivity index (χ0v) is 21.7. The fourth-order valence-corrected chi connectivity index (χ4v) is 5.83. The predicted molar refractivity (Wildman–Crippen MR) is 141 cm³/mol. The molecule has 1 aliphatic carbocycles. The van der Waals surface area contributed by atoms with Gasteiger partial charge in [0.25, 0.3) is 0 Å². The predicted octanol–water partition coefficient (Wildman–Crippen LogP) is 8.69. The molecule has 0 spiro atoms. The van der Waals surface area contributed by atoms with Gasteiger partial charge in [0, 0.05) is 39.0 Å². The number of aliphatic carboxylic acids is 1. The number of nitrogens with zero attached hydrogens (tertiary/aromatic N) is 1. The summed E-state index contributed by atoms with van der Waals surface area (Å²) in [6.45, 7) is 6.61. The molecule has 0 fully saturated rings. The number of hydrogen-bond acceptors (Lipinski definition) is 1.